The van der Waals surface area contributed by atoms with Gasteiger partial charge in [-0.25, -0.2) is 8.42 Å². The summed E-state index contributed by atoms with van der Waals surface area (Å²) in [4.78, 5) is 13.7. The van der Waals surface area contributed by atoms with Crippen molar-refractivity contribution in [1.82, 2.24) is 4.90 Å². The van der Waals surface area contributed by atoms with Gasteiger partial charge in [0, 0.05) is 18.5 Å². The van der Waals surface area contributed by atoms with Crippen LogP contribution in [0.3, 0.4) is 0 Å². The standard InChI is InChI=1S/C11H21NO3S/c1-4-6-12(11(13)9(2)3)10-5-7-16(14,15)8-10/h9-10H,4-8H2,1-3H3. The van der Waals surface area contributed by atoms with E-state index in [0.717, 1.165) is 6.42 Å². The van der Waals surface area contributed by atoms with Crippen LogP contribution in [-0.4, -0.2) is 43.3 Å². The fraction of sp³-hybridized carbons (Fsp3) is 0.909. The fourth-order valence-corrected chi connectivity index (χ4v) is 3.80. The van der Waals surface area contributed by atoms with Crippen molar-refractivity contribution in [3.05, 3.63) is 0 Å². The lowest BCUT2D eigenvalue weighted by Crippen LogP contribution is -2.43. The molecule has 1 atom stereocenters. The molecule has 1 heterocycles. The summed E-state index contributed by atoms with van der Waals surface area (Å²) in [5, 5.41) is 0. The van der Waals surface area contributed by atoms with Crippen molar-refractivity contribution < 1.29 is 13.2 Å². The van der Waals surface area contributed by atoms with Crippen molar-refractivity contribution in [2.24, 2.45) is 5.92 Å². The SMILES string of the molecule is CCCN(C(=O)C(C)C)C1CCS(=O)(=O)C1. The highest BCUT2D eigenvalue weighted by molar-refractivity contribution is 7.91. The van der Waals surface area contributed by atoms with Crippen molar-refractivity contribution in [2.45, 2.75) is 39.7 Å². The molecule has 16 heavy (non-hydrogen) atoms. The van der Waals surface area contributed by atoms with Crippen LogP contribution in [0.4, 0.5) is 0 Å². The van der Waals surface area contributed by atoms with E-state index < -0.39 is 9.84 Å². The minimum atomic E-state index is -2.91. The van der Waals surface area contributed by atoms with Crippen LogP contribution in [0.25, 0.3) is 0 Å². The van der Waals surface area contributed by atoms with Crippen LogP contribution in [0.15, 0.2) is 0 Å². The Morgan fingerprint density at radius 1 is 1.44 bits per heavy atom. The maximum absolute atomic E-state index is 12.0. The van der Waals surface area contributed by atoms with Gasteiger partial charge in [-0.2, -0.15) is 0 Å². The van der Waals surface area contributed by atoms with Gasteiger partial charge in [-0.15, -0.1) is 0 Å². The van der Waals surface area contributed by atoms with Gasteiger partial charge in [-0.05, 0) is 12.8 Å². The molecule has 1 rings (SSSR count). The molecule has 0 aromatic heterocycles. The lowest BCUT2D eigenvalue weighted by Gasteiger charge is -2.29. The molecule has 0 saturated carbocycles. The van der Waals surface area contributed by atoms with Gasteiger partial charge in [0.1, 0.15) is 0 Å². The van der Waals surface area contributed by atoms with Gasteiger partial charge < -0.3 is 4.90 Å². The molecule has 94 valence electrons. The van der Waals surface area contributed by atoms with Gasteiger partial charge >= 0.3 is 0 Å². The van der Waals surface area contributed by atoms with Gasteiger partial charge in [0.05, 0.1) is 11.5 Å². The Balaban J connectivity index is 2.75. The maximum atomic E-state index is 12.0. The number of nitrogens with zero attached hydrogens (tertiary/aromatic N) is 1. The van der Waals surface area contributed by atoms with Crippen LogP contribution in [0.2, 0.25) is 0 Å². The van der Waals surface area contributed by atoms with Crippen LogP contribution < -0.4 is 0 Å². The van der Waals surface area contributed by atoms with Crippen molar-refractivity contribution in [3.63, 3.8) is 0 Å². The smallest absolute Gasteiger partial charge is 0.225 e. The van der Waals surface area contributed by atoms with E-state index in [1.165, 1.54) is 0 Å². The first kappa shape index (κ1) is 13.5. The normalized spacial score (nSPS) is 23.6. The van der Waals surface area contributed by atoms with E-state index in [4.69, 9.17) is 0 Å². The van der Waals surface area contributed by atoms with Crippen molar-refractivity contribution in [3.8, 4) is 0 Å². The number of amides is 1. The summed E-state index contributed by atoms with van der Waals surface area (Å²) in [6.45, 7) is 6.38. The lowest BCUT2D eigenvalue weighted by molar-refractivity contribution is -0.136. The average molecular weight is 247 g/mol. The Bertz CT molecular complexity index is 348. The largest absolute Gasteiger partial charge is 0.338 e. The number of hydrogen-bond donors (Lipinski definition) is 0. The minimum absolute atomic E-state index is 0.0603. The molecule has 0 N–H and O–H groups in total. The molecule has 0 radical (unpaired) electrons. The third-order valence-electron chi connectivity index (χ3n) is 2.89. The van der Waals surface area contributed by atoms with Gasteiger partial charge in [-0.1, -0.05) is 20.8 Å². The average Bonchev–Trinajstić information content (AvgIpc) is 2.54. The second-order valence-electron chi connectivity index (χ2n) is 4.74. The molecule has 1 fully saturated rings. The Labute approximate surface area is 97.9 Å². The number of carbonyl (C=O) groups excluding carboxylic acids is 1. The Kier molecular flexibility index (Phi) is 4.35. The lowest BCUT2D eigenvalue weighted by atomic mass is 10.1. The summed E-state index contributed by atoms with van der Waals surface area (Å²) in [5.74, 6) is 0.383. The molecule has 0 aromatic carbocycles. The van der Waals surface area contributed by atoms with E-state index in [2.05, 4.69) is 0 Å². The summed E-state index contributed by atoms with van der Waals surface area (Å²) in [5.41, 5.74) is 0. The van der Waals surface area contributed by atoms with E-state index in [1.807, 2.05) is 20.8 Å². The molecule has 0 aromatic rings. The van der Waals surface area contributed by atoms with E-state index in [0.29, 0.717) is 13.0 Å². The highest BCUT2D eigenvalue weighted by Gasteiger charge is 2.34. The monoisotopic (exact) mass is 247 g/mol. The Morgan fingerprint density at radius 2 is 2.06 bits per heavy atom. The predicted octanol–water partition coefficient (Wildman–Crippen LogP) is 1.07. The topological polar surface area (TPSA) is 54.5 Å². The molecule has 1 aliphatic heterocycles. The zero-order valence-electron chi connectivity index (χ0n) is 10.3. The summed E-state index contributed by atoms with van der Waals surface area (Å²) < 4.78 is 22.8. The number of carbonyl (C=O) groups is 1. The molecular formula is C11H21NO3S. The van der Waals surface area contributed by atoms with Crippen molar-refractivity contribution in [1.29, 1.82) is 0 Å². The van der Waals surface area contributed by atoms with E-state index >= 15 is 0 Å². The first-order chi connectivity index (χ1) is 7.37. The first-order valence-corrected chi connectivity index (χ1v) is 7.70. The number of rotatable bonds is 4. The second kappa shape index (κ2) is 5.17. The summed E-state index contributed by atoms with van der Waals surface area (Å²) >= 11 is 0. The molecule has 1 aliphatic rings. The zero-order chi connectivity index (χ0) is 12.3. The van der Waals surface area contributed by atoms with Crippen LogP contribution in [0.5, 0.6) is 0 Å². The van der Waals surface area contributed by atoms with Crippen LogP contribution >= 0.6 is 0 Å². The van der Waals surface area contributed by atoms with Gasteiger partial charge in [0.15, 0.2) is 9.84 Å². The van der Waals surface area contributed by atoms with Crippen LogP contribution in [-0.2, 0) is 14.6 Å². The number of hydrogen-bond acceptors (Lipinski definition) is 3. The van der Waals surface area contributed by atoms with Gasteiger partial charge in [0.25, 0.3) is 0 Å². The quantitative estimate of drug-likeness (QED) is 0.746. The molecular weight excluding hydrogens is 226 g/mol. The number of sulfone groups is 1. The third-order valence-corrected chi connectivity index (χ3v) is 4.64. The van der Waals surface area contributed by atoms with Crippen LogP contribution in [0.1, 0.15) is 33.6 Å². The molecule has 0 aliphatic carbocycles. The second-order valence-corrected chi connectivity index (χ2v) is 6.97. The summed E-state index contributed by atoms with van der Waals surface area (Å²) in [6.07, 6.45) is 1.47. The highest BCUT2D eigenvalue weighted by Crippen LogP contribution is 2.19. The summed E-state index contributed by atoms with van der Waals surface area (Å²) in [6, 6.07) is -0.0974. The van der Waals surface area contributed by atoms with Crippen molar-refractivity contribution in [2.75, 3.05) is 18.1 Å². The molecule has 0 spiro atoms. The molecule has 4 nitrogen and oxygen atoms in total. The molecule has 0 bridgehead atoms. The first-order valence-electron chi connectivity index (χ1n) is 5.88. The molecule has 1 amide bonds. The predicted molar refractivity (Wildman–Crippen MR) is 63.9 cm³/mol. The van der Waals surface area contributed by atoms with E-state index in [9.17, 15) is 13.2 Å². The van der Waals surface area contributed by atoms with Gasteiger partial charge in [-0.3, -0.25) is 4.79 Å². The molecule has 1 unspecified atom stereocenters. The third kappa shape index (κ3) is 3.20. The minimum Gasteiger partial charge on any atom is -0.338 e. The highest BCUT2D eigenvalue weighted by atomic mass is 32.2. The van der Waals surface area contributed by atoms with E-state index in [1.54, 1.807) is 4.90 Å². The Hall–Kier alpha value is -0.580. The van der Waals surface area contributed by atoms with Gasteiger partial charge in [0.2, 0.25) is 5.91 Å². The molecule has 1 saturated heterocycles. The zero-order valence-corrected chi connectivity index (χ0v) is 11.1. The molecule has 5 heteroatoms. The maximum Gasteiger partial charge on any atom is 0.225 e. The Morgan fingerprint density at radius 3 is 2.44 bits per heavy atom. The fourth-order valence-electron chi connectivity index (χ4n) is 2.07. The summed E-state index contributed by atoms with van der Waals surface area (Å²) in [7, 11) is -2.91. The van der Waals surface area contributed by atoms with Crippen molar-refractivity contribution >= 4 is 15.7 Å². The van der Waals surface area contributed by atoms with E-state index in [-0.39, 0.29) is 29.4 Å². The van der Waals surface area contributed by atoms with Crippen LogP contribution in [0, 0.1) is 5.92 Å².